The molecule has 60 heavy (non-hydrogen) atoms. The Morgan fingerprint density at radius 1 is 1.12 bits per heavy atom. The maximum absolute atomic E-state index is 14.3. The van der Waals surface area contributed by atoms with E-state index in [0.717, 1.165) is 16.9 Å². The fourth-order valence-electron chi connectivity index (χ4n) is 10.6. The van der Waals surface area contributed by atoms with Gasteiger partial charge in [-0.25, -0.2) is 9.59 Å². The molecule has 2 saturated heterocycles. The van der Waals surface area contributed by atoms with Crippen LogP contribution in [0.5, 0.6) is 0 Å². The Hall–Kier alpha value is -3.48. The van der Waals surface area contributed by atoms with E-state index in [9.17, 15) is 24.6 Å². The first-order valence-corrected chi connectivity index (χ1v) is 21.6. The Kier molecular flexibility index (Phi) is 12.1. The summed E-state index contributed by atoms with van der Waals surface area (Å²) >= 11 is 1.14. The standard InChI is InChI=1S/C44H61N3O12S/c1-24-27(55-38(50)33(49)32(28-19-45-23-60-28)46-39(51)59-40(3,4)5)18-44(52)37(53-21-26-14-12-11-13-15-26)35-42(8,17-16-29-43(35,22-54-29)58-25(2)48)36-34(31(24)41(44,6)7)56-30(57-36)20-47(9)10/h11-15,19,23,27,29-30,32-37,49,52H,16-18,20-22H2,1-10H3,(H,46,51)/t27-,29+,30+,32-,33+,34+,35-,36+,37-,42+,43-,44+/m0/s1. The van der Waals surface area contributed by atoms with Gasteiger partial charge in [-0.1, -0.05) is 51.1 Å². The predicted octanol–water partition coefficient (Wildman–Crippen LogP) is 4.85. The van der Waals surface area contributed by atoms with Gasteiger partial charge >= 0.3 is 18.0 Å². The van der Waals surface area contributed by atoms with Crippen LogP contribution in [0.25, 0.3) is 0 Å². The molecule has 16 heteroatoms. The number of benzene rings is 1. The number of esters is 2. The van der Waals surface area contributed by atoms with Crippen molar-refractivity contribution in [2.45, 2.75) is 147 Å². The molecule has 7 rings (SSSR count). The minimum Gasteiger partial charge on any atom is -0.456 e. The number of nitrogens with one attached hydrogen (secondary N) is 1. The summed E-state index contributed by atoms with van der Waals surface area (Å²) < 4.78 is 45.4. The van der Waals surface area contributed by atoms with Crippen molar-refractivity contribution in [3.8, 4) is 0 Å². The van der Waals surface area contributed by atoms with Crippen molar-refractivity contribution in [2.75, 3.05) is 27.2 Å². The van der Waals surface area contributed by atoms with E-state index in [0.29, 0.717) is 35.4 Å². The molecule has 1 amide bonds. The Balaban J connectivity index is 1.36. The fraction of sp³-hybridized carbons (Fsp3) is 0.682. The molecule has 0 spiro atoms. The molecular formula is C44H61N3O12S. The van der Waals surface area contributed by atoms with Crippen LogP contribution in [-0.2, 0) is 49.4 Å². The van der Waals surface area contributed by atoms with E-state index >= 15 is 0 Å². The molecule has 15 nitrogen and oxygen atoms in total. The number of amides is 1. The first-order valence-electron chi connectivity index (χ1n) is 20.7. The minimum absolute atomic E-state index is 0.0918. The summed E-state index contributed by atoms with van der Waals surface area (Å²) in [6, 6.07) is 8.37. The van der Waals surface area contributed by atoms with Crippen molar-refractivity contribution in [1.82, 2.24) is 15.2 Å². The van der Waals surface area contributed by atoms with Crippen LogP contribution in [0.15, 0.2) is 53.2 Å². The molecule has 2 bridgehead atoms. The number of alkyl carbamates (subject to hydrolysis) is 1. The van der Waals surface area contributed by atoms with Crippen LogP contribution in [0.1, 0.15) is 91.1 Å². The van der Waals surface area contributed by atoms with E-state index in [1.54, 1.807) is 20.8 Å². The number of aliphatic hydroxyl groups excluding tert-OH is 1. The second-order valence-electron chi connectivity index (χ2n) is 19.1. The third kappa shape index (κ3) is 7.91. The molecule has 3 aliphatic carbocycles. The van der Waals surface area contributed by atoms with Crippen LogP contribution < -0.4 is 5.32 Å². The van der Waals surface area contributed by atoms with Gasteiger partial charge in [0.05, 0.1) is 35.8 Å². The quantitative estimate of drug-likeness (QED) is 0.158. The third-order valence-corrected chi connectivity index (χ3v) is 14.2. The molecule has 12 atom stereocenters. The number of carbonyl (C=O) groups is 3. The lowest BCUT2D eigenvalue weighted by atomic mass is 9.45. The van der Waals surface area contributed by atoms with Gasteiger partial charge < -0.3 is 53.6 Å². The van der Waals surface area contributed by atoms with Crippen LogP contribution in [0.2, 0.25) is 0 Å². The number of aliphatic hydroxyl groups is 2. The average molecular weight is 856 g/mol. The number of likely N-dealkylation sites (N-methyl/N-ethyl adjacent to an activating group) is 1. The zero-order valence-electron chi connectivity index (χ0n) is 36.3. The maximum atomic E-state index is 14.3. The van der Waals surface area contributed by atoms with Crippen LogP contribution in [0.4, 0.5) is 4.79 Å². The fourth-order valence-corrected chi connectivity index (χ4v) is 11.3. The molecular weight excluding hydrogens is 795 g/mol. The summed E-state index contributed by atoms with van der Waals surface area (Å²) in [5.74, 6) is -2.21. The lowest BCUT2D eigenvalue weighted by Crippen LogP contribution is -2.79. The zero-order valence-corrected chi connectivity index (χ0v) is 37.1. The van der Waals surface area contributed by atoms with Gasteiger partial charge in [0.1, 0.15) is 35.6 Å². The first kappa shape index (κ1) is 44.6. The van der Waals surface area contributed by atoms with Crippen LogP contribution in [-0.4, -0.2) is 125 Å². The Bertz CT molecular complexity index is 1940. The SMILES string of the molecule is CC(=O)O[C@@]12CO[C@@H]1CC[C@@]1(C)[C@@H]3O[C@H](CN(C)C)O[C@@H]3C3=C(C)[C@@H](OC(=O)[C@H](O)[C@@H](NC(=O)OC(C)(C)C)c4cncs4)C[C@@](O)([C@@H](OCc4ccccc4)[C@@H]12)C3(C)C. The maximum Gasteiger partial charge on any atom is 0.408 e. The van der Waals surface area contributed by atoms with Crippen LogP contribution in [0.3, 0.4) is 0 Å². The summed E-state index contributed by atoms with van der Waals surface area (Å²) in [4.78, 5) is 46.9. The largest absolute Gasteiger partial charge is 0.456 e. The summed E-state index contributed by atoms with van der Waals surface area (Å²) in [5, 5.41) is 28.2. The molecule has 2 saturated carbocycles. The van der Waals surface area contributed by atoms with Gasteiger partial charge in [0.2, 0.25) is 0 Å². The molecule has 0 radical (unpaired) electrons. The normalized spacial score (nSPS) is 35.4. The van der Waals surface area contributed by atoms with Crippen molar-refractivity contribution in [3.63, 3.8) is 0 Å². The van der Waals surface area contributed by atoms with Crippen molar-refractivity contribution >= 4 is 29.4 Å². The number of rotatable bonds is 11. The van der Waals surface area contributed by atoms with Gasteiger partial charge in [0, 0.05) is 42.8 Å². The number of carbonyl (C=O) groups excluding carboxylic acids is 3. The highest BCUT2D eigenvalue weighted by Crippen LogP contribution is 2.66. The number of aromatic nitrogens is 1. The Morgan fingerprint density at radius 3 is 2.43 bits per heavy atom. The molecule has 0 unspecified atom stereocenters. The molecule has 2 aliphatic heterocycles. The predicted molar refractivity (Wildman–Crippen MR) is 218 cm³/mol. The number of ether oxygens (including phenoxy) is 7. The van der Waals surface area contributed by atoms with Crippen molar-refractivity contribution < 1.29 is 57.8 Å². The van der Waals surface area contributed by atoms with Gasteiger partial charge in [-0.15, -0.1) is 11.3 Å². The highest BCUT2D eigenvalue weighted by molar-refractivity contribution is 7.09. The number of fused-ring (bicyclic) bond motifs is 8. The Morgan fingerprint density at radius 2 is 1.83 bits per heavy atom. The van der Waals surface area contributed by atoms with Crippen LogP contribution >= 0.6 is 11.3 Å². The monoisotopic (exact) mass is 855 g/mol. The molecule has 1 aromatic heterocycles. The first-order chi connectivity index (χ1) is 28.1. The molecule has 5 aliphatic rings. The molecule has 4 fully saturated rings. The van der Waals surface area contributed by atoms with Gasteiger partial charge in [-0.3, -0.25) is 9.78 Å². The average Bonchev–Trinajstić information content (AvgIpc) is 3.83. The van der Waals surface area contributed by atoms with Crippen LogP contribution in [0, 0.1) is 16.7 Å². The summed E-state index contributed by atoms with van der Waals surface area (Å²) in [6.45, 7) is 15.0. The van der Waals surface area contributed by atoms with Gasteiger partial charge in [0.25, 0.3) is 0 Å². The van der Waals surface area contributed by atoms with Crippen molar-refractivity contribution in [3.05, 3.63) is 63.6 Å². The second-order valence-corrected chi connectivity index (χ2v) is 20.1. The summed E-state index contributed by atoms with van der Waals surface area (Å²) in [5.41, 5.74) is -2.03. The van der Waals surface area contributed by atoms with E-state index < -0.39 is 101 Å². The number of nitrogens with zero attached hydrogens (tertiary/aromatic N) is 2. The smallest absolute Gasteiger partial charge is 0.408 e. The number of hydrogen-bond donors (Lipinski definition) is 3. The number of hydrogen-bond acceptors (Lipinski definition) is 15. The lowest BCUT2D eigenvalue weighted by Gasteiger charge is -2.68. The lowest BCUT2D eigenvalue weighted by molar-refractivity contribution is -0.352. The summed E-state index contributed by atoms with van der Waals surface area (Å²) in [6.07, 6.45) is -4.88. The van der Waals surface area contributed by atoms with Crippen molar-refractivity contribution in [2.24, 2.45) is 16.7 Å². The number of thiazole rings is 1. The van der Waals surface area contributed by atoms with E-state index in [4.69, 9.17) is 33.2 Å². The topological polar surface area (TPSA) is 184 Å². The van der Waals surface area contributed by atoms with E-state index in [1.165, 1.54) is 18.6 Å². The Labute approximate surface area is 356 Å². The molecule has 2 aromatic rings. The molecule has 330 valence electrons. The van der Waals surface area contributed by atoms with Crippen molar-refractivity contribution in [1.29, 1.82) is 0 Å². The van der Waals surface area contributed by atoms with Gasteiger partial charge in [0.15, 0.2) is 18.0 Å². The van der Waals surface area contributed by atoms with Gasteiger partial charge in [-0.05, 0) is 71.3 Å². The van der Waals surface area contributed by atoms with E-state index in [-0.39, 0.29) is 19.6 Å². The second kappa shape index (κ2) is 16.3. The van der Waals surface area contributed by atoms with E-state index in [1.807, 2.05) is 70.1 Å². The summed E-state index contributed by atoms with van der Waals surface area (Å²) in [7, 11) is 3.87. The minimum atomic E-state index is -1.89. The molecule has 1 aromatic carbocycles. The highest BCUT2D eigenvalue weighted by Gasteiger charge is 2.76. The van der Waals surface area contributed by atoms with Gasteiger partial charge in [-0.2, -0.15) is 0 Å². The highest BCUT2D eigenvalue weighted by atomic mass is 32.1. The molecule has 3 N–H and O–H groups in total. The zero-order chi connectivity index (χ0) is 43.6. The molecule has 3 heterocycles. The van der Waals surface area contributed by atoms with E-state index in [2.05, 4.69) is 17.2 Å². The third-order valence-electron chi connectivity index (χ3n) is 13.3.